The Morgan fingerprint density at radius 2 is 1.95 bits per heavy atom. The van der Waals surface area contributed by atoms with Crippen LogP contribution in [0.15, 0.2) is 18.2 Å². The number of nitro benzene ring substituents is 1. The number of nitrogens with two attached hydrogens (primary N) is 1. The fraction of sp³-hybridized carbons (Fsp3) is 0.538. The van der Waals surface area contributed by atoms with E-state index in [0.29, 0.717) is 5.69 Å². The summed E-state index contributed by atoms with van der Waals surface area (Å²) in [6, 6.07) is 4.81. The van der Waals surface area contributed by atoms with Crippen LogP contribution in [-0.2, 0) is 0 Å². The molecule has 2 N–H and O–H groups in total. The number of hydrogen-bond acceptors (Lipinski definition) is 5. The van der Waals surface area contributed by atoms with Gasteiger partial charge in [0.15, 0.2) is 0 Å². The molecule has 0 aromatic heterocycles. The second kappa shape index (κ2) is 5.88. The van der Waals surface area contributed by atoms with Gasteiger partial charge in [0.1, 0.15) is 0 Å². The maximum atomic E-state index is 10.8. The van der Waals surface area contributed by atoms with E-state index in [1.807, 2.05) is 6.07 Å². The number of nitrogen functional groups attached to an aromatic ring is 1. The number of nitro groups is 1. The summed E-state index contributed by atoms with van der Waals surface area (Å²) in [4.78, 5) is 15.0. The summed E-state index contributed by atoms with van der Waals surface area (Å²) in [6.07, 6.45) is 1.16. The normalized spacial score (nSPS) is 16.6. The summed E-state index contributed by atoms with van der Waals surface area (Å²) in [7, 11) is 0. The molecular weight excluding hydrogens is 244 g/mol. The minimum Gasteiger partial charge on any atom is -0.398 e. The number of non-ortho nitro benzene ring substituents is 1. The third kappa shape index (κ3) is 3.35. The Hall–Kier alpha value is -1.82. The van der Waals surface area contributed by atoms with E-state index >= 15 is 0 Å². The van der Waals surface area contributed by atoms with Crippen molar-refractivity contribution in [3.63, 3.8) is 0 Å². The van der Waals surface area contributed by atoms with Crippen molar-refractivity contribution in [2.45, 2.75) is 13.3 Å². The molecule has 1 fully saturated rings. The van der Waals surface area contributed by atoms with E-state index in [-0.39, 0.29) is 5.69 Å². The average molecular weight is 264 g/mol. The highest BCUT2D eigenvalue weighted by Gasteiger charge is 2.18. The Morgan fingerprint density at radius 3 is 2.53 bits per heavy atom. The minimum atomic E-state index is -0.396. The predicted molar refractivity (Wildman–Crippen MR) is 76.5 cm³/mol. The molecule has 0 saturated carbocycles. The zero-order valence-electron chi connectivity index (χ0n) is 11.2. The Labute approximate surface area is 112 Å². The van der Waals surface area contributed by atoms with Crippen LogP contribution >= 0.6 is 0 Å². The molecule has 2 rings (SSSR count). The average Bonchev–Trinajstić information content (AvgIpc) is 2.39. The lowest BCUT2D eigenvalue weighted by atomic mass is 10.2. The number of nitrogens with zero attached hydrogens (tertiary/aromatic N) is 3. The third-order valence-electron chi connectivity index (χ3n) is 3.41. The van der Waals surface area contributed by atoms with Crippen molar-refractivity contribution >= 4 is 17.1 Å². The molecular formula is C13H20N4O2. The molecule has 104 valence electrons. The monoisotopic (exact) mass is 264 g/mol. The molecule has 1 saturated heterocycles. The van der Waals surface area contributed by atoms with Gasteiger partial charge in [0.2, 0.25) is 0 Å². The van der Waals surface area contributed by atoms with Crippen LogP contribution in [0.3, 0.4) is 0 Å². The summed E-state index contributed by atoms with van der Waals surface area (Å²) in [6.45, 7) is 7.06. The van der Waals surface area contributed by atoms with Crippen molar-refractivity contribution in [1.29, 1.82) is 0 Å². The van der Waals surface area contributed by atoms with Gasteiger partial charge >= 0.3 is 0 Å². The Kier molecular flexibility index (Phi) is 4.21. The van der Waals surface area contributed by atoms with Crippen molar-refractivity contribution in [2.75, 3.05) is 43.4 Å². The van der Waals surface area contributed by atoms with Gasteiger partial charge in [0, 0.05) is 49.7 Å². The topological polar surface area (TPSA) is 75.6 Å². The first-order valence-corrected chi connectivity index (χ1v) is 6.62. The highest BCUT2D eigenvalue weighted by Crippen LogP contribution is 2.26. The molecule has 0 bridgehead atoms. The minimum absolute atomic E-state index is 0.0611. The van der Waals surface area contributed by atoms with Crippen LogP contribution in [0, 0.1) is 10.1 Å². The fourth-order valence-electron chi connectivity index (χ4n) is 2.45. The SMILES string of the molecule is CCCN1CCN(c2cc(N)cc([N+](=O)[O-])c2)CC1. The first kappa shape index (κ1) is 13.6. The number of benzene rings is 1. The first-order valence-electron chi connectivity index (χ1n) is 6.62. The second-order valence-electron chi connectivity index (χ2n) is 4.87. The zero-order chi connectivity index (χ0) is 13.8. The largest absolute Gasteiger partial charge is 0.398 e. The van der Waals surface area contributed by atoms with E-state index in [9.17, 15) is 10.1 Å². The molecule has 1 heterocycles. The molecule has 0 amide bonds. The van der Waals surface area contributed by atoms with Gasteiger partial charge in [-0.25, -0.2) is 0 Å². The van der Waals surface area contributed by atoms with E-state index in [1.165, 1.54) is 6.07 Å². The van der Waals surface area contributed by atoms with Crippen LogP contribution in [0.1, 0.15) is 13.3 Å². The van der Waals surface area contributed by atoms with Crippen molar-refractivity contribution in [3.05, 3.63) is 28.3 Å². The number of rotatable bonds is 4. The van der Waals surface area contributed by atoms with Crippen LogP contribution in [0.25, 0.3) is 0 Å². The van der Waals surface area contributed by atoms with Gasteiger partial charge in [-0.15, -0.1) is 0 Å². The lowest BCUT2D eigenvalue weighted by molar-refractivity contribution is -0.384. The van der Waals surface area contributed by atoms with Crippen molar-refractivity contribution in [1.82, 2.24) is 4.90 Å². The smallest absolute Gasteiger partial charge is 0.273 e. The molecule has 6 nitrogen and oxygen atoms in total. The third-order valence-corrected chi connectivity index (χ3v) is 3.41. The summed E-state index contributed by atoms with van der Waals surface area (Å²) in [5.74, 6) is 0. The van der Waals surface area contributed by atoms with Gasteiger partial charge in [-0.05, 0) is 19.0 Å². The highest BCUT2D eigenvalue weighted by atomic mass is 16.6. The van der Waals surface area contributed by atoms with E-state index in [1.54, 1.807) is 6.07 Å². The highest BCUT2D eigenvalue weighted by molar-refractivity contribution is 5.62. The molecule has 1 aromatic carbocycles. The molecule has 19 heavy (non-hydrogen) atoms. The second-order valence-corrected chi connectivity index (χ2v) is 4.87. The number of anilines is 2. The number of piperazine rings is 1. The Bertz CT molecular complexity index is 456. The molecule has 0 radical (unpaired) electrons. The molecule has 1 aliphatic heterocycles. The van der Waals surface area contributed by atoms with Crippen molar-refractivity contribution in [2.24, 2.45) is 0 Å². The van der Waals surface area contributed by atoms with Gasteiger partial charge in [0.25, 0.3) is 5.69 Å². The van der Waals surface area contributed by atoms with E-state index < -0.39 is 4.92 Å². The quantitative estimate of drug-likeness (QED) is 0.509. The van der Waals surface area contributed by atoms with Gasteiger partial charge in [0.05, 0.1) is 4.92 Å². The van der Waals surface area contributed by atoms with Crippen molar-refractivity contribution < 1.29 is 4.92 Å². The Morgan fingerprint density at radius 1 is 1.26 bits per heavy atom. The summed E-state index contributed by atoms with van der Waals surface area (Å²) in [5.41, 5.74) is 7.09. The van der Waals surface area contributed by atoms with Crippen LogP contribution in [0.4, 0.5) is 17.1 Å². The lowest BCUT2D eigenvalue weighted by Crippen LogP contribution is -2.46. The van der Waals surface area contributed by atoms with Gasteiger partial charge < -0.3 is 10.6 Å². The number of hydrogen-bond donors (Lipinski definition) is 1. The molecule has 1 aliphatic rings. The van der Waals surface area contributed by atoms with E-state index in [0.717, 1.165) is 44.8 Å². The van der Waals surface area contributed by atoms with Gasteiger partial charge in [-0.2, -0.15) is 0 Å². The Balaban J connectivity index is 2.09. The fourth-order valence-corrected chi connectivity index (χ4v) is 2.45. The molecule has 0 aliphatic carbocycles. The summed E-state index contributed by atoms with van der Waals surface area (Å²) in [5, 5.41) is 10.8. The standard InChI is InChI=1S/C13H20N4O2/c1-2-3-15-4-6-16(7-5-15)12-8-11(14)9-13(10-12)17(18)19/h8-10H,2-7,14H2,1H3. The predicted octanol–water partition coefficient (Wildman–Crippen LogP) is 1.71. The van der Waals surface area contributed by atoms with E-state index in [2.05, 4.69) is 16.7 Å². The van der Waals surface area contributed by atoms with E-state index in [4.69, 9.17) is 5.73 Å². The van der Waals surface area contributed by atoms with Crippen LogP contribution in [0.5, 0.6) is 0 Å². The molecule has 1 aromatic rings. The molecule has 0 spiro atoms. The lowest BCUT2D eigenvalue weighted by Gasteiger charge is -2.35. The zero-order valence-corrected chi connectivity index (χ0v) is 11.2. The molecule has 0 atom stereocenters. The van der Waals surface area contributed by atoms with Crippen LogP contribution < -0.4 is 10.6 Å². The van der Waals surface area contributed by atoms with Gasteiger partial charge in [-0.3, -0.25) is 15.0 Å². The van der Waals surface area contributed by atoms with Crippen LogP contribution in [-0.4, -0.2) is 42.5 Å². The maximum absolute atomic E-state index is 10.8. The maximum Gasteiger partial charge on any atom is 0.273 e. The summed E-state index contributed by atoms with van der Waals surface area (Å²) >= 11 is 0. The molecule has 6 heteroatoms. The molecule has 0 unspecified atom stereocenters. The first-order chi connectivity index (χ1) is 9.10. The van der Waals surface area contributed by atoms with Gasteiger partial charge in [-0.1, -0.05) is 6.92 Å². The summed E-state index contributed by atoms with van der Waals surface area (Å²) < 4.78 is 0. The van der Waals surface area contributed by atoms with Crippen LogP contribution in [0.2, 0.25) is 0 Å². The van der Waals surface area contributed by atoms with Crippen molar-refractivity contribution in [3.8, 4) is 0 Å².